The number of carboxylic acids is 1. The van der Waals surface area contributed by atoms with E-state index in [0.29, 0.717) is 12.2 Å². The van der Waals surface area contributed by atoms with E-state index in [-0.39, 0.29) is 0 Å². The van der Waals surface area contributed by atoms with Crippen molar-refractivity contribution < 1.29 is 9.90 Å². The molecule has 0 fully saturated rings. The van der Waals surface area contributed by atoms with Gasteiger partial charge in [0.25, 0.3) is 0 Å². The Labute approximate surface area is 117 Å². The normalized spacial score (nSPS) is 12.2. The summed E-state index contributed by atoms with van der Waals surface area (Å²) >= 11 is 0. The second-order valence-corrected chi connectivity index (χ2v) is 4.71. The van der Waals surface area contributed by atoms with Gasteiger partial charge < -0.3 is 5.11 Å². The minimum Gasteiger partial charge on any atom is -0.481 e. The molecule has 0 aliphatic rings. The predicted octanol–water partition coefficient (Wildman–Crippen LogP) is 2.62. The second-order valence-electron chi connectivity index (χ2n) is 4.71. The standard InChI is InChI=1S/C14H18N4O2/c1-2-3-4-9-12(14(19)20)10-7-5-6-8-11(10)13-15-17-18-16-13/h5-8,12H,2-4,9H2,1H3,(H,19,20)(H,15,16,17,18). The van der Waals surface area contributed by atoms with Crippen LogP contribution < -0.4 is 0 Å². The number of aliphatic carboxylic acids is 1. The van der Waals surface area contributed by atoms with Crippen molar-refractivity contribution in [3.8, 4) is 11.4 Å². The number of nitrogens with one attached hydrogen (secondary N) is 1. The molecule has 20 heavy (non-hydrogen) atoms. The fourth-order valence-electron chi connectivity index (χ4n) is 2.29. The Balaban J connectivity index is 2.31. The van der Waals surface area contributed by atoms with Crippen LogP contribution in [0.5, 0.6) is 0 Å². The molecule has 1 heterocycles. The van der Waals surface area contributed by atoms with Crippen LogP contribution in [0.2, 0.25) is 0 Å². The van der Waals surface area contributed by atoms with Gasteiger partial charge in [-0.3, -0.25) is 4.79 Å². The van der Waals surface area contributed by atoms with Gasteiger partial charge in [-0.25, -0.2) is 0 Å². The molecule has 1 unspecified atom stereocenters. The lowest BCUT2D eigenvalue weighted by Crippen LogP contribution is -2.13. The highest BCUT2D eigenvalue weighted by molar-refractivity contribution is 5.79. The summed E-state index contributed by atoms with van der Waals surface area (Å²) in [6.45, 7) is 2.10. The topological polar surface area (TPSA) is 91.8 Å². The van der Waals surface area contributed by atoms with Gasteiger partial charge in [0.2, 0.25) is 5.82 Å². The number of hydrogen-bond acceptors (Lipinski definition) is 4. The van der Waals surface area contributed by atoms with Crippen LogP contribution in [-0.2, 0) is 4.79 Å². The average molecular weight is 274 g/mol. The van der Waals surface area contributed by atoms with Crippen LogP contribution in [0, 0.1) is 0 Å². The molecule has 0 spiro atoms. The van der Waals surface area contributed by atoms with Gasteiger partial charge in [-0.2, -0.15) is 5.21 Å². The van der Waals surface area contributed by atoms with E-state index >= 15 is 0 Å². The van der Waals surface area contributed by atoms with Crippen LogP contribution >= 0.6 is 0 Å². The van der Waals surface area contributed by atoms with Gasteiger partial charge in [0.15, 0.2) is 0 Å². The summed E-state index contributed by atoms with van der Waals surface area (Å²) in [5.74, 6) is -0.907. The van der Waals surface area contributed by atoms with E-state index in [1.165, 1.54) is 0 Å². The first kappa shape index (κ1) is 14.2. The van der Waals surface area contributed by atoms with E-state index < -0.39 is 11.9 Å². The summed E-state index contributed by atoms with van der Waals surface area (Å²) < 4.78 is 0. The number of tetrazole rings is 1. The van der Waals surface area contributed by atoms with E-state index in [9.17, 15) is 9.90 Å². The molecule has 0 aliphatic carbocycles. The Kier molecular flexibility index (Phi) is 4.81. The maximum atomic E-state index is 11.6. The Hall–Kier alpha value is -2.24. The van der Waals surface area contributed by atoms with Crippen molar-refractivity contribution in [3.05, 3.63) is 29.8 Å². The summed E-state index contributed by atoms with van der Waals surface area (Å²) in [5.41, 5.74) is 1.47. The molecule has 0 amide bonds. The molecule has 2 aromatic rings. The molecule has 1 aromatic carbocycles. The second kappa shape index (κ2) is 6.79. The first-order valence-corrected chi connectivity index (χ1v) is 6.79. The maximum Gasteiger partial charge on any atom is 0.310 e. The monoisotopic (exact) mass is 274 g/mol. The summed E-state index contributed by atoms with van der Waals surface area (Å²) in [7, 11) is 0. The highest BCUT2D eigenvalue weighted by Gasteiger charge is 2.23. The van der Waals surface area contributed by atoms with E-state index in [2.05, 4.69) is 27.5 Å². The van der Waals surface area contributed by atoms with Crippen LogP contribution in [0.1, 0.15) is 44.1 Å². The van der Waals surface area contributed by atoms with Crippen LogP contribution in [0.4, 0.5) is 0 Å². The molecule has 106 valence electrons. The third-order valence-electron chi connectivity index (χ3n) is 3.32. The van der Waals surface area contributed by atoms with Crippen molar-refractivity contribution in [1.82, 2.24) is 20.6 Å². The zero-order valence-electron chi connectivity index (χ0n) is 11.4. The molecule has 0 saturated carbocycles. The Morgan fingerprint density at radius 2 is 2.15 bits per heavy atom. The summed E-state index contributed by atoms with van der Waals surface area (Å²) in [5, 5.41) is 23.3. The van der Waals surface area contributed by atoms with Gasteiger partial charge in [-0.1, -0.05) is 50.5 Å². The smallest absolute Gasteiger partial charge is 0.310 e. The number of H-pyrrole nitrogens is 1. The van der Waals surface area contributed by atoms with E-state index in [4.69, 9.17) is 0 Å². The average Bonchev–Trinajstić information content (AvgIpc) is 2.97. The quantitative estimate of drug-likeness (QED) is 0.757. The van der Waals surface area contributed by atoms with Crippen molar-refractivity contribution >= 4 is 5.97 Å². The zero-order chi connectivity index (χ0) is 14.4. The molecule has 2 N–H and O–H groups in total. The minimum atomic E-state index is -0.808. The molecule has 0 saturated heterocycles. The van der Waals surface area contributed by atoms with Crippen LogP contribution in [0.15, 0.2) is 24.3 Å². The number of aromatic amines is 1. The number of unbranched alkanes of at least 4 members (excludes halogenated alkanes) is 2. The zero-order valence-corrected chi connectivity index (χ0v) is 11.4. The molecule has 2 rings (SSSR count). The van der Waals surface area contributed by atoms with Crippen LogP contribution in [0.25, 0.3) is 11.4 Å². The molecule has 6 heteroatoms. The number of benzene rings is 1. The SMILES string of the molecule is CCCCCC(C(=O)O)c1ccccc1-c1nn[nH]n1. The largest absolute Gasteiger partial charge is 0.481 e. The van der Waals surface area contributed by atoms with Crippen LogP contribution in [-0.4, -0.2) is 31.7 Å². The predicted molar refractivity (Wildman–Crippen MR) is 74.1 cm³/mol. The Morgan fingerprint density at radius 3 is 2.80 bits per heavy atom. The first-order chi connectivity index (χ1) is 9.74. The molecular weight excluding hydrogens is 256 g/mol. The lowest BCUT2D eigenvalue weighted by atomic mass is 9.89. The third-order valence-corrected chi connectivity index (χ3v) is 3.32. The minimum absolute atomic E-state index is 0.433. The molecule has 1 aromatic heterocycles. The summed E-state index contributed by atoms with van der Waals surface area (Å²) in [6, 6.07) is 7.35. The van der Waals surface area contributed by atoms with Gasteiger partial charge in [0.05, 0.1) is 5.92 Å². The van der Waals surface area contributed by atoms with E-state index in [0.717, 1.165) is 30.4 Å². The number of carbonyl (C=O) groups is 1. The van der Waals surface area contributed by atoms with Crippen LogP contribution in [0.3, 0.4) is 0 Å². The fraction of sp³-hybridized carbons (Fsp3) is 0.429. The van der Waals surface area contributed by atoms with Gasteiger partial charge in [0.1, 0.15) is 0 Å². The Bertz CT molecular complexity index is 554. The summed E-state index contributed by atoms with van der Waals surface area (Å²) in [6.07, 6.45) is 3.62. The lowest BCUT2D eigenvalue weighted by Gasteiger charge is -2.15. The van der Waals surface area contributed by atoms with Gasteiger partial charge in [-0.05, 0) is 17.2 Å². The van der Waals surface area contributed by atoms with Crippen molar-refractivity contribution in [2.45, 2.75) is 38.5 Å². The van der Waals surface area contributed by atoms with E-state index in [1.807, 2.05) is 24.3 Å². The number of nitrogens with zero attached hydrogens (tertiary/aromatic N) is 3. The molecule has 0 radical (unpaired) electrons. The fourth-order valence-corrected chi connectivity index (χ4v) is 2.29. The van der Waals surface area contributed by atoms with Crippen molar-refractivity contribution in [3.63, 3.8) is 0 Å². The first-order valence-electron chi connectivity index (χ1n) is 6.79. The van der Waals surface area contributed by atoms with Gasteiger partial charge in [0, 0.05) is 5.56 Å². The maximum absolute atomic E-state index is 11.6. The molecular formula is C14H18N4O2. The molecule has 0 aliphatic heterocycles. The molecule has 0 bridgehead atoms. The number of aromatic nitrogens is 4. The van der Waals surface area contributed by atoms with Crippen molar-refractivity contribution in [1.29, 1.82) is 0 Å². The highest BCUT2D eigenvalue weighted by atomic mass is 16.4. The van der Waals surface area contributed by atoms with Crippen molar-refractivity contribution in [2.75, 3.05) is 0 Å². The number of hydrogen-bond donors (Lipinski definition) is 2. The van der Waals surface area contributed by atoms with Gasteiger partial charge >= 0.3 is 5.97 Å². The highest BCUT2D eigenvalue weighted by Crippen LogP contribution is 2.30. The Morgan fingerprint density at radius 1 is 1.35 bits per heavy atom. The molecule has 1 atom stereocenters. The third kappa shape index (κ3) is 3.20. The van der Waals surface area contributed by atoms with Crippen molar-refractivity contribution in [2.24, 2.45) is 0 Å². The summed E-state index contributed by atoms with van der Waals surface area (Å²) in [4.78, 5) is 11.6. The lowest BCUT2D eigenvalue weighted by molar-refractivity contribution is -0.139. The van der Waals surface area contributed by atoms with E-state index in [1.54, 1.807) is 0 Å². The number of rotatable bonds is 7. The molecule has 6 nitrogen and oxygen atoms in total. The van der Waals surface area contributed by atoms with Gasteiger partial charge in [-0.15, -0.1) is 10.2 Å². The number of carboxylic acid groups (broad SMARTS) is 1.